The summed E-state index contributed by atoms with van der Waals surface area (Å²) in [6, 6.07) is 18.7. The highest BCUT2D eigenvalue weighted by atomic mass is 19.1. The van der Waals surface area contributed by atoms with Crippen molar-refractivity contribution in [1.82, 2.24) is 0 Å². The minimum Gasteiger partial charge on any atom is -0.457 e. The number of aryl methyl sites for hydroxylation is 2. The van der Waals surface area contributed by atoms with Crippen molar-refractivity contribution in [3.05, 3.63) is 83.7 Å². The van der Waals surface area contributed by atoms with E-state index < -0.39 is 5.92 Å². The lowest BCUT2D eigenvalue weighted by atomic mass is 10.1. The van der Waals surface area contributed by atoms with Gasteiger partial charge in [-0.05, 0) is 85.6 Å². The van der Waals surface area contributed by atoms with E-state index in [0.717, 1.165) is 11.3 Å². The van der Waals surface area contributed by atoms with E-state index in [9.17, 15) is 14.0 Å². The SMILES string of the molecule is Cc1ccc(Oc2ccc(NC(=O)[C@H]3CC(=O)N(c4ccc(F)cc4)C3)cc2)cc1C. The first kappa shape index (κ1) is 20.6. The Bertz CT molecular complexity index is 1110. The summed E-state index contributed by atoms with van der Waals surface area (Å²) in [4.78, 5) is 26.5. The van der Waals surface area contributed by atoms with Crippen molar-refractivity contribution in [2.75, 3.05) is 16.8 Å². The molecule has 1 fully saturated rings. The van der Waals surface area contributed by atoms with Gasteiger partial charge in [-0.25, -0.2) is 4.39 Å². The molecule has 1 aliphatic heterocycles. The summed E-state index contributed by atoms with van der Waals surface area (Å²) in [6.07, 6.45) is 0.122. The molecule has 0 unspecified atom stereocenters. The lowest BCUT2D eigenvalue weighted by molar-refractivity contribution is -0.122. The fraction of sp³-hybridized carbons (Fsp3) is 0.200. The molecule has 1 heterocycles. The minimum atomic E-state index is -0.469. The van der Waals surface area contributed by atoms with Gasteiger partial charge in [0.05, 0.1) is 5.92 Å². The molecule has 0 bridgehead atoms. The molecule has 3 aromatic rings. The Labute approximate surface area is 180 Å². The summed E-state index contributed by atoms with van der Waals surface area (Å²) in [6.45, 7) is 4.35. The molecule has 5 nitrogen and oxygen atoms in total. The van der Waals surface area contributed by atoms with Crippen LogP contribution in [-0.4, -0.2) is 18.4 Å². The third-order valence-corrected chi connectivity index (χ3v) is 5.47. The highest BCUT2D eigenvalue weighted by Crippen LogP contribution is 2.28. The van der Waals surface area contributed by atoms with Crippen LogP contribution in [0.3, 0.4) is 0 Å². The summed E-state index contributed by atoms with van der Waals surface area (Å²) in [5.74, 6) is 0.216. The number of anilines is 2. The number of halogens is 1. The molecule has 3 aromatic carbocycles. The number of carbonyl (C=O) groups excluding carboxylic acids is 2. The zero-order valence-corrected chi connectivity index (χ0v) is 17.4. The van der Waals surface area contributed by atoms with Gasteiger partial charge < -0.3 is 15.0 Å². The maximum absolute atomic E-state index is 13.1. The predicted octanol–water partition coefficient (Wildman–Crippen LogP) is 5.23. The average Bonchev–Trinajstić information content (AvgIpc) is 3.14. The molecule has 1 atom stereocenters. The van der Waals surface area contributed by atoms with Crippen molar-refractivity contribution in [3.63, 3.8) is 0 Å². The van der Waals surface area contributed by atoms with Crippen molar-refractivity contribution in [2.45, 2.75) is 20.3 Å². The van der Waals surface area contributed by atoms with Gasteiger partial charge in [0.25, 0.3) is 0 Å². The lowest BCUT2D eigenvalue weighted by Gasteiger charge is -2.16. The molecule has 6 heteroatoms. The van der Waals surface area contributed by atoms with Gasteiger partial charge in [-0.1, -0.05) is 6.07 Å². The summed E-state index contributed by atoms with van der Waals surface area (Å²) >= 11 is 0. The highest BCUT2D eigenvalue weighted by Gasteiger charge is 2.35. The summed E-state index contributed by atoms with van der Waals surface area (Å²) in [5, 5.41) is 2.86. The molecule has 1 saturated heterocycles. The van der Waals surface area contributed by atoms with Crippen LogP contribution in [-0.2, 0) is 9.59 Å². The number of carbonyl (C=O) groups is 2. The quantitative estimate of drug-likeness (QED) is 0.618. The number of hydrogen-bond acceptors (Lipinski definition) is 3. The topological polar surface area (TPSA) is 58.6 Å². The van der Waals surface area contributed by atoms with Gasteiger partial charge >= 0.3 is 0 Å². The van der Waals surface area contributed by atoms with Gasteiger partial charge in [-0.2, -0.15) is 0 Å². The molecule has 158 valence electrons. The molecule has 31 heavy (non-hydrogen) atoms. The molecule has 0 aliphatic carbocycles. The van der Waals surface area contributed by atoms with E-state index in [1.807, 2.05) is 32.0 Å². The Kier molecular flexibility index (Phi) is 5.71. The van der Waals surface area contributed by atoms with Gasteiger partial charge in [0.2, 0.25) is 11.8 Å². The number of nitrogens with zero attached hydrogens (tertiary/aromatic N) is 1. The van der Waals surface area contributed by atoms with Crippen molar-refractivity contribution < 1.29 is 18.7 Å². The molecule has 0 spiro atoms. The molecular weight excluding hydrogens is 395 g/mol. The van der Waals surface area contributed by atoms with Gasteiger partial charge in [-0.15, -0.1) is 0 Å². The normalized spacial score (nSPS) is 15.8. The van der Waals surface area contributed by atoms with Crippen molar-refractivity contribution in [3.8, 4) is 11.5 Å². The van der Waals surface area contributed by atoms with E-state index in [-0.39, 0.29) is 30.6 Å². The molecule has 1 N–H and O–H groups in total. The number of hydrogen-bond donors (Lipinski definition) is 1. The first-order valence-corrected chi connectivity index (χ1v) is 10.1. The van der Waals surface area contributed by atoms with Gasteiger partial charge in [-0.3, -0.25) is 9.59 Å². The summed E-state index contributed by atoms with van der Waals surface area (Å²) in [5.41, 5.74) is 3.58. The van der Waals surface area contributed by atoms with Crippen LogP contribution < -0.4 is 15.0 Å². The third kappa shape index (κ3) is 4.74. The number of amides is 2. The van der Waals surface area contributed by atoms with Crippen LogP contribution in [0.5, 0.6) is 11.5 Å². The summed E-state index contributed by atoms with van der Waals surface area (Å²) < 4.78 is 19.0. The second-order valence-corrected chi connectivity index (χ2v) is 7.74. The van der Waals surface area contributed by atoms with E-state index in [0.29, 0.717) is 17.1 Å². The van der Waals surface area contributed by atoms with Gasteiger partial charge in [0.15, 0.2) is 0 Å². The van der Waals surface area contributed by atoms with Crippen LogP contribution in [0.4, 0.5) is 15.8 Å². The zero-order valence-electron chi connectivity index (χ0n) is 17.4. The molecule has 1 aliphatic rings. The van der Waals surface area contributed by atoms with E-state index in [1.54, 1.807) is 36.4 Å². The first-order valence-electron chi connectivity index (χ1n) is 10.1. The molecule has 0 radical (unpaired) electrons. The van der Waals surface area contributed by atoms with E-state index >= 15 is 0 Å². The number of ether oxygens (including phenoxy) is 1. The Morgan fingerprint density at radius 2 is 1.65 bits per heavy atom. The van der Waals surface area contributed by atoms with E-state index in [2.05, 4.69) is 5.32 Å². The fourth-order valence-electron chi connectivity index (χ4n) is 3.52. The lowest BCUT2D eigenvalue weighted by Crippen LogP contribution is -2.28. The van der Waals surface area contributed by atoms with Crippen LogP contribution >= 0.6 is 0 Å². The molecular formula is C25H23FN2O3. The second-order valence-electron chi connectivity index (χ2n) is 7.74. The maximum Gasteiger partial charge on any atom is 0.229 e. The van der Waals surface area contributed by atoms with Crippen molar-refractivity contribution in [1.29, 1.82) is 0 Å². The standard InChI is InChI=1S/C25H23FN2O3/c1-16-3-10-23(13-17(16)2)31-22-11-6-20(7-12-22)27-25(30)18-14-24(29)28(15-18)21-8-4-19(26)5-9-21/h3-13,18H,14-15H2,1-2H3,(H,27,30)/t18-/m0/s1. The molecule has 0 aromatic heterocycles. The van der Waals surface area contributed by atoms with Crippen molar-refractivity contribution >= 4 is 23.2 Å². The first-order chi connectivity index (χ1) is 14.9. The minimum absolute atomic E-state index is 0.122. The molecule has 2 amide bonds. The second kappa shape index (κ2) is 8.60. The summed E-state index contributed by atoms with van der Waals surface area (Å²) in [7, 11) is 0. The highest BCUT2D eigenvalue weighted by molar-refractivity contribution is 6.03. The third-order valence-electron chi connectivity index (χ3n) is 5.47. The molecule has 4 rings (SSSR count). The number of nitrogens with one attached hydrogen (secondary N) is 1. The monoisotopic (exact) mass is 418 g/mol. The van der Waals surface area contributed by atoms with E-state index in [4.69, 9.17) is 4.74 Å². The van der Waals surface area contributed by atoms with Gasteiger partial charge in [0, 0.05) is 24.3 Å². The van der Waals surface area contributed by atoms with Crippen LogP contribution in [0.15, 0.2) is 66.7 Å². The Morgan fingerprint density at radius 3 is 2.32 bits per heavy atom. The van der Waals surface area contributed by atoms with Crippen LogP contribution in [0.2, 0.25) is 0 Å². The largest absolute Gasteiger partial charge is 0.457 e. The Hall–Kier alpha value is -3.67. The van der Waals surface area contributed by atoms with Crippen molar-refractivity contribution in [2.24, 2.45) is 5.92 Å². The Balaban J connectivity index is 1.36. The predicted molar refractivity (Wildman–Crippen MR) is 118 cm³/mol. The van der Waals surface area contributed by atoms with Crippen LogP contribution in [0.25, 0.3) is 0 Å². The number of rotatable bonds is 5. The molecule has 0 saturated carbocycles. The fourth-order valence-corrected chi connectivity index (χ4v) is 3.52. The van der Waals surface area contributed by atoms with Crippen LogP contribution in [0, 0.1) is 25.6 Å². The smallest absolute Gasteiger partial charge is 0.229 e. The van der Waals surface area contributed by atoms with Gasteiger partial charge in [0.1, 0.15) is 17.3 Å². The Morgan fingerprint density at radius 1 is 0.968 bits per heavy atom. The number of benzene rings is 3. The van der Waals surface area contributed by atoms with Crippen LogP contribution in [0.1, 0.15) is 17.5 Å². The average molecular weight is 418 g/mol. The zero-order chi connectivity index (χ0) is 22.0. The maximum atomic E-state index is 13.1. The van der Waals surface area contributed by atoms with E-state index in [1.165, 1.54) is 22.6 Å².